The fourth-order valence-electron chi connectivity index (χ4n) is 2.28. The van der Waals surface area contributed by atoms with Crippen molar-refractivity contribution in [2.24, 2.45) is 4.40 Å². The molecule has 132 valence electrons. The van der Waals surface area contributed by atoms with Crippen molar-refractivity contribution in [2.45, 2.75) is 11.8 Å². The normalized spacial score (nSPS) is 12.1. The molecule has 4 nitrogen and oxygen atoms in total. The quantitative estimate of drug-likeness (QED) is 0.459. The van der Waals surface area contributed by atoms with Crippen LogP contribution in [0.25, 0.3) is 0 Å². The Bertz CT molecular complexity index is 877. The van der Waals surface area contributed by atoms with Crippen LogP contribution >= 0.6 is 0 Å². The van der Waals surface area contributed by atoms with Gasteiger partial charge in [-0.15, -0.1) is 0 Å². The summed E-state index contributed by atoms with van der Waals surface area (Å²) >= 11 is -1.41. The Morgan fingerprint density at radius 1 is 0.885 bits per heavy atom. The summed E-state index contributed by atoms with van der Waals surface area (Å²) in [6.45, 7) is 1.99. The van der Waals surface area contributed by atoms with E-state index < -0.39 is 11.4 Å². The Labute approximate surface area is 156 Å². The topological polar surface area (TPSA) is 53.9 Å². The highest BCUT2D eigenvalue weighted by Gasteiger charge is 2.08. The molecule has 0 aliphatic heterocycles. The maximum absolute atomic E-state index is 12.2. The van der Waals surface area contributed by atoms with Crippen LogP contribution in [0.1, 0.15) is 11.1 Å². The van der Waals surface area contributed by atoms with E-state index in [0.717, 1.165) is 11.1 Å². The molecular weight excluding hydrogens is 346 g/mol. The number of para-hydroxylation sites is 2. The van der Waals surface area contributed by atoms with E-state index in [4.69, 9.17) is 9.47 Å². The molecule has 0 fully saturated rings. The van der Waals surface area contributed by atoms with E-state index in [9.17, 15) is 4.55 Å². The second-order valence-corrected chi connectivity index (χ2v) is 6.80. The van der Waals surface area contributed by atoms with E-state index in [0.29, 0.717) is 22.1 Å². The predicted octanol–water partition coefficient (Wildman–Crippen LogP) is 4.94. The maximum Gasteiger partial charge on any atom is 0.182 e. The summed E-state index contributed by atoms with van der Waals surface area (Å²) in [4.78, 5) is 0.683. The van der Waals surface area contributed by atoms with Crippen LogP contribution in [0.15, 0.2) is 82.1 Å². The molecule has 3 rings (SSSR count). The lowest BCUT2D eigenvalue weighted by atomic mass is 10.2. The van der Waals surface area contributed by atoms with Crippen LogP contribution < -0.4 is 9.47 Å². The van der Waals surface area contributed by atoms with E-state index in [1.165, 1.54) is 0 Å². The predicted molar refractivity (Wildman–Crippen MR) is 105 cm³/mol. The van der Waals surface area contributed by atoms with Crippen LogP contribution in [-0.2, 0) is 11.4 Å². The Balaban J connectivity index is 1.66. The Morgan fingerprint density at radius 2 is 1.54 bits per heavy atom. The third kappa shape index (κ3) is 4.65. The highest BCUT2D eigenvalue weighted by molar-refractivity contribution is 7.90. The van der Waals surface area contributed by atoms with Crippen LogP contribution in [0, 0.1) is 6.92 Å². The van der Waals surface area contributed by atoms with Crippen molar-refractivity contribution < 1.29 is 14.0 Å². The van der Waals surface area contributed by atoms with Gasteiger partial charge in [-0.1, -0.05) is 34.2 Å². The molecule has 0 spiro atoms. The van der Waals surface area contributed by atoms with Crippen molar-refractivity contribution in [2.75, 3.05) is 7.11 Å². The van der Waals surface area contributed by atoms with Crippen molar-refractivity contribution in [3.63, 3.8) is 0 Å². The zero-order chi connectivity index (χ0) is 18.4. The molecule has 0 aliphatic carbocycles. The summed E-state index contributed by atoms with van der Waals surface area (Å²) in [5.74, 6) is 2.01. The average Bonchev–Trinajstić information content (AvgIpc) is 2.68. The first-order valence-electron chi connectivity index (χ1n) is 8.09. The molecule has 3 aromatic carbocycles. The monoisotopic (exact) mass is 365 g/mol. The van der Waals surface area contributed by atoms with Crippen molar-refractivity contribution in [3.8, 4) is 17.2 Å². The molecule has 0 aromatic heterocycles. The minimum absolute atomic E-state index is 0.650. The summed E-state index contributed by atoms with van der Waals surface area (Å²) in [5.41, 5.74) is 1.97. The van der Waals surface area contributed by atoms with Gasteiger partial charge in [0.2, 0.25) is 0 Å². The molecule has 5 heteroatoms. The van der Waals surface area contributed by atoms with E-state index in [2.05, 4.69) is 4.40 Å². The minimum atomic E-state index is -1.41. The maximum atomic E-state index is 12.2. The largest absolute Gasteiger partial charge is 0.586 e. The molecule has 1 unspecified atom stereocenters. The SMILES string of the molecule is COc1ccccc1Oc1ccc(/C=N/[S+]([O-])c2ccc(C)cc2)cc1. The van der Waals surface area contributed by atoms with Crippen molar-refractivity contribution >= 4 is 17.6 Å². The van der Waals surface area contributed by atoms with E-state index in [1.807, 2.05) is 79.7 Å². The average molecular weight is 365 g/mol. The number of benzene rings is 3. The summed E-state index contributed by atoms with van der Waals surface area (Å²) in [6.07, 6.45) is 1.60. The first-order chi connectivity index (χ1) is 12.7. The van der Waals surface area contributed by atoms with Crippen molar-refractivity contribution in [1.29, 1.82) is 0 Å². The van der Waals surface area contributed by atoms with Crippen LogP contribution in [-0.4, -0.2) is 17.9 Å². The lowest BCUT2D eigenvalue weighted by Crippen LogP contribution is -1.97. The fraction of sp³-hybridized carbons (Fsp3) is 0.0952. The summed E-state index contributed by atoms with van der Waals surface area (Å²) < 4.78 is 27.4. The first kappa shape index (κ1) is 18.0. The number of hydrogen-bond acceptors (Lipinski definition) is 4. The third-order valence-electron chi connectivity index (χ3n) is 3.70. The molecule has 0 aliphatic rings. The molecule has 0 bridgehead atoms. The molecule has 1 atom stereocenters. The molecule has 0 saturated heterocycles. The number of ether oxygens (including phenoxy) is 2. The van der Waals surface area contributed by atoms with Gasteiger partial charge in [0, 0.05) is 0 Å². The minimum Gasteiger partial charge on any atom is -0.586 e. The summed E-state index contributed by atoms with van der Waals surface area (Å²) in [5, 5.41) is 0. The Morgan fingerprint density at radius 3 is 2.19 bits per heavy atom. The van der Waals surface area contributed by atoms with E-state index >= 15 is 0 Å². The number of nitrogens with zero attached hydrogens (tertiary/aromatic N) is 1. The molecule has 0 amide bonds. The number of rotatable bonds is 6. The number of aryl methyl sites for hydroxylation is 1. The van der Waals surface area contributed by atoms with Gasteiger partial charge < -0.3 is 14.0 Å². The van der Waals surface area contributed by atoms with Gasteiger partial charge in [0.25, 0.3) is 0 Å². The van der Waals surface area contributed by atoms with E-state index in [-0.39, 0.29) is 0 Å². The highest BCUT2D eigenvalue weighted by Crippen LogP contribution is 2.30. The van der Waals surface area contributed by atoms with Gasteiger partial charge in [0.05, 0.1) is 13.3 Å². The fourth-order valence-corrected chi connectivity index (χ4v) is 2.98. The number of methoxy groups -OCH3 is 1. The molecular formula is C21H19NO3S. The second-order valence-electron chi connectivity index (χ2n) is 5.62. The molecule has 0 radical (unpaired) electrons. The zero-order valence-electron chi connectivity index (χ0n) is 14.6. The molecule has 26 heavy (non-hydrogen) atoms. The highest BCUT2D eigenvalue weighted by atomic mass is 32.2. The standard InChI is InChI=1S/C21H19NO3S/c1-16-7-13-19(14-8-16)26(23)22-15-17-9-11-18(12-10-17)25-21-6-4-3-5-20(21)24-2/h3-15H,1-2H3/b22-15+. The smallest absolute Gasteiger partial charge is 0.182 e. The Hall–Kier alpha value is -2.76. The number of hydrogen-bond donors (Lipinski definition) is 0. The van der Waals surface area contributed by atoms with Crippen LogP contribution in [0.2, 0.25) is 0 Å². The second kappa shape index (κ2) is 8.56. The lowest BCUT2D eigenvalue weighted by Gasteiger charge is -2.09. The summed E-state index contributed by atoms with van der Waals surface area (Å²) in [6, 6.07) is 22.4. The van der Waals surface area contributed by atoms with Crippen LogP contribution in [0.5, 0.6) is 17.2 Å². The molecule has 0 heterocycles. The lowest BCUT2D eigenvalue weighted by molar-refractivity contribution is 0.379. The molecule has 3 aromatic rings. The molecule has 0 N–H and O–H groups in total. The van der Waals surface area contributed by atoms with Crippen LogP contribution in [0.4, 0.5) is 0 Å². The summed E-state index contributed by atoms with van der Waals surface area (Å²) in [7, 11) is 1.61. The van der Waals surface area contributed by atoms with Gasteiger partial charge >= 0.3 is 0 Å². The zero-order valence-corrected chi connectivity index (χ0v) is 15.4. The van der Waals surface area contributed by atoms with Gasteiger partial charge in [-0.2, -0.15) is 0 Å². The van der Waals surface area contributed by atoms with Crippen molar-refractivity contribution in [3.05, 3.63) is 83.9 Å². The first-order valence-corrected chi connectivity index (χ1v) is 9.20. The van der Waals surface area contributed by atoms with E-state index in [1.54, 1.807) is 13.3 Å². The van der Waals surface area contributed by atoms with Crippen LogP contribution in [0.3, 0.4) is 0 Å². The van der Waals surface area contributed by atoms with Gasteiger partial charge in [-0.3, -0.25) is 0 Å². The van der Waals surface area contributed by atoms with Gasteiger partial charge in [0.1, 0.15) is 17.1 Å². The van der Waals surface area contributed by atoms with Gasteiger partial charge in [-0.25, -0.2) is 0 Å². The van der Waals surface area contributed by atoms with Gasteiger partial charge in [-0.05, 0) is 61.0 Å². The van der Waals surface area contributed by atoms with Gasteiger partial charge in [0.15, 0.2) is 16.4 Å². The Kier molecular flexibility index (Phi) is 5.94. The third-order valence-corrected chi connectivity index (χ3v) is 4.67. The molecule has 0 saturated carbocycles. The van der Waals surface area contributed by atoms with Crippen molar-refractivity contribution in [1.82, 2.24) is 0 Å².